The highest BCUT2D eigenvalue weighted by Gasteiger charge is 2.12. The monoisotopic (exact) mass is 523 g/mol. The fraction of sp³-hybridized carbons (Fsp3) is 0.611. The maximum absolute atomic E-state index is 5.34. The summed E-state index contributed by atoms with van der Waals surface area (Å²) >= 11 is 3.37. The van der Waals surface area contributed by atoms with Crippen molar-refractivity contribution in [3.8, 4) is 0 Å². The molecule has 0 fully saturated rings. The van der Waals surface area contributed by atoms with Gasteiger partial charge in [-0.25, -0.2) is 9.97 Å². The number of thiazole rings is 2. The van der Waals surface area contributed by atoms with Crippen LogP contribution in [0.5, 0.6) is 0 Å². The summed E-state index contributed by atoms with van der Waals surface area (Å²) in [7, 11) is 3.75. The van der Waals surface area contributed by atoms with Gasteiger partial charge >= 0.3 is 0 Å². The average Bonchev–Trinajstić information content (AvgIpc) is 3.29. The molecule has 2 aromatic rings. The lowest BCUT2D eigenvalue weighted by Gasteiger charge is -2.21. The lowest BCUT2D eigenvalue weighted by molar-refractivity contribution is 0.119. The zero-order chi connectivity index (χ0) is 18.9. The number of hydrogen-bond donors (Lipinski definition) is 1. The molecule has 27 heavy (non-hydrogen) atoms. The molecule has 2 rings (SSSR count). The first-order valence-corrected chi connectivity index (χ1v) is 10.7. The highest BCUT2D eigenvalue weighted by Crippen LogP contribution is 2.21. The molecular weight excluding hydrogens is 493 g/mol. The number of guanidine groups is 1. The van der Waals surface area contributed by atoms with Gasteiger partial charge in [0.05, 0.1) is 22.9 Å². The van der Waals surface area contributed by atoms with Crippen LogP contribution in [0.3, 0.4) is 0 Å². The number of ether oxygens (including phenoxy) is 1. The molecule has 1 atom stereocenters. The van der Waals surface area contributed by atoms with E-state index in [0.717, 1.165) is 54.8 Å². The number of aromatic nitrogens is 2. The Bertz CT molecular complexity index is 703. The Labute approximate surface area is 187 Å². The lowest BCUT2D eigenvalue weighted by atomic mass is 10.3. The highest BCUT2D eigenvalue weighted by molar-refractivity contribution is 14.0. The number of methoxy groups -OCH3 is 1. The molecule has 0 aliphatic heterocycles. The zero-order valence-electron chi connectivity index (χ0n) is 16.7. The quantitative estimate of drug-likeness (QED) is 0.304. The van der Waals surface area contributed by atoms with Crippen LogP contribution in [0, 0.1) is 0 Å². The van der Waals surface area contributed by atoms with Crippen LogP contribution >= 0.6 is 46.7 Å². The van der Waals surface area contributed by atoms with E-state index < -0.39 is 0 Å². The van der Waals surface area contributed by atoms with Crippen LogP contribution < -0.4 is 5.32 Å². The summed E-state index contributed by atoms with van der Waals surface area (Å²) < 4.78 is 5.34. The van der Waals surface area contributed by atoms with Crippen molar-refractivity contribution < 1.29 is 4.74 Å². The molecular formula is C18H30IN5OS2. The van der Waals surface area contributed by atoms with E-state index in [2.05, 4.69) is 44.8 Å². The normalized spacial score (nSPS) is 12.6. The second-order valence-electron chi connectivity index (χ2n) is 5.98. The predicted octanol–water partition coefficient (Wildman–Crippen LogP) is 4.13. The molecule has 0 aliphatic rings. The fourth-order valence-corrected chi connectivity index (χ4v) is 3.99. The summed E-state index contributed by atoms with van der Waals surface area (Å²) in [4.78, 5) is 16.1. The van der Waals surface area contributed by atoms with E-state index in [1.165, 1.54) is 5.01 Å². The molecule has 0 saturated carbocycles. The molecule has 0 amide bonds. The van der Waals surface area contributed by atoms with Crippen LogP contribution in [0.25, 0.3) is 0 Å². The maximum Gasteiger partial charge on any atom is 0.194 e. The minimum absolute atomic E-state index is 0. The summed E-state index contributed by atoms with van der Waals surface area (Å²) in [6, 6.07) is 0. The van der Waals surface area contributed by atoms with Crippen molar-refractivity contribution in [3.05, 3.63) is 32.2 Å². The molecule has 2 heterocycles. The van der Waals surface area contributed by atoms with Crippen LogP contribution in [0.1, 0.15) is 48.3 Å². The molecule has 1 N–H and O–H groups in total. The summed E-state index contributed by atoms with van der Waals surface area (Å²) in [5.74, 6) is 0.896. The molecule has 0 aromatic carbocycles. The molecule has 2 aromatic heterocycles. The van der Waals surface area contributed by atoms with Crippen molar-refractivity contribution in [1.29, 1.82) is 0 Å². The Hall–Kier alpha value is -0.780. The van der Waals surface area contributed by atoms with Gasteiger partial charge in [0.2, 0.25) is 0 Å². The summed E-state index contributed by atoms with van der Waals surface area (Å²) in [6.45, 7) is 8.51. The van der Waals surface area contributed by atoms with Crippen LogP contribution in [0.15, 0.2) is 15.8 Å². The van der Waals surface area contributed by atoms with Crippen molar-refractivity contribution in [1.82, 2.24) is 20.2 Å². The van der Waals surface area contributed by atoms with E-state index in [9.17, 15) is 0 Å². The Morgan fingerprint density at radius 2 is 2.00 bits per heavy atom. The van der Waals surface area contributed by atoms with E-state index in [-0.39, 0.29) is 30.1 Å². The SMILES string of the molecule is CCNC(=NCCc1csc(CC)n1)N(C)Cc1csc(C(C)OC)n1.I. The molecule has 152 valence electrons. The number of aliphatic imine (C=N–C) groups is 1. The first kappa shape index (κ1) is 24.3. The third-order valence-corrected chi connectivity index (χ3v) is 5.99. The minimum Gasteiger partial charge on any atom is -0.375 e. The second kappa shape index (κ2) is 12.6. The van der Waals surface area contributed by atoms with E-state index in [1.807, 2.05) is 14.0 Å². The number of rotatable bonds is 9. The third kappa shape index (κ3) is 7.63. The smallest absolute Gasteiger partial charge is 0.194 e. The number of nitrogens with one attached hydrogen (secondary N) is 1. The Balaban J connectivity index is 0.00000364. The molecule has 1 unspecified atom stereocenters. The molecule has 9 heteroatoms. The van der Waals surface area contributed by atoms with Crippen molar-refractivity contribution in [2.45, 2.75) is 46.3 Å². The fourth-order valence-electron chi connectivity index (χ4n) is 2.37. The third-order valence-electron chi connectivity index (χ3n) is 3.90. The minimum atomic E-state index is 0. The van der Waals surface area contributed by atoms with Crippen LogP contribution in [-0.2, 0) is 24.1 Å². The second-order valence-corrected chi connectivity index (χ2v) is 7.82. The van der Waals surface area contributed by atoms with Gasteiger partial charge in [-0.3, -0.25) is 4.99 Å². The summed E-state index contributed by atoms with van der Waals surface area (Å²) in [5, 5.41) is 9.78. The zero-order valence-corrected chi connectivity index (χ0v) is 20.7. The van der Waals surface area contributed by atoms with Gasteiger partial charge in [0.15, 0.2) is 5.96 Å². The van der Waals surface area contributed by atoms with E-state index in [4.69, 9.17) is 9.73 Å². The molecule has 6 nitrogen and oxygen atoms in total. The molecule has 0 spiro atoms. The van der Waals surface area contributed by atoms with Gasteiger partial charge < -0.3 is 15.0 Å². The first-order valence-electron chi connectivity index (χ1n) is 8.97. The number of nitrogens with zero attached hydrogens (tertiary/aromatic N) is 4. The summed E-state index contributed by atoms with van der Waals surface area (Å²) in [6.07, 6.45) is 1.90. The van der Waals surface area contributed by atoms with E-state index >= 15 is 0 Å². The number of halogens is 1. The van der Waals surface area contributed by atoms with Gasteiger partial charge in [-0.1, -0.05) is 6.92 Å². The largest absolute Gasteiger partial charge is 0.375 e. The van der Waals surface area contributed by atoms with Crippen molar-refractivity contribution >= 4 is 52.6 Å². The lowest BCUT2D eigenvalue weighted by Crippen LogP contribution is -2.38. The molecule has 0 aliphatic carbocycles. The van der Waals surface area contributed by atoms with Gasteiger partial charge in [0, 0.05) is 44.4 Å². The van der Waals surface area contributed by atoms with Crippen LogP contribution in [0.4, 0.5) is 0 Å². The molecule has 0 bridgehead atoms. The van der Waals surface area contributed by atoms with Crippen LogP contribution in [-0.4, -0.2) is 48.1 Å². The van der Waals surface area contributed by atoms with Crippen LogP contribution in [0.2, 0.25) is 0 Å². The predicted molar refractivity (Wildman–Crippen MR) is 126 cm³/mol. The van der Waals surface area contributed by atoms with Crippen molar-refractivity contribution in [3.63, 3.8) is 0 Å². The van der Waals surface area contributed by atoms with E-state index in [0.29, 0.717) is 0 Å². The van der Waals surface area contributed by atoms with Crippen molar-refractivity contribution in [2.24, 2.45) is 4.99 Å². The Kier molecular flexibility index (Phi) is 11.4. The van der Waals surface area contributed by atoms with E-state index in [1.54, 1.807) is 29.8 Å². The van der Waals surface area contributed by atoms with Gasteiger partial charge in [-0.2, -0.15) is 0 Å². The van der Waals surface area contributed by atoms with Gasteiger partial charge in [0.25, 0.3) is 0 Å². The number of aryl methyl sites for hydroxylation is 1. The Morgan fingerprint density at radius 1 is 1.26 bits per heavy atom. The highest BCUT2D eigenvalue weighted by atomic mass is 127. The standard InChI is InChI=1S/C18H29N5OS2.HI/c1-6-16-21-14(11-25-16)8-9-20-18(19-7-2)23(4)10-15-12-26-17(22-15)13(3)24-5;/h11-13H,6-10H2,1-5H3,(H,19,20);1H. The molecule has 0 radical (unpaired) electrons. The average molecular weight is 524 g/mol. The Morgan fingerprint density at radius 3 is 2.63 bits per heavy atom. The van der Waals surface area contributed by atoms with Gasteiger partial charge in [-0.15, -0.1) is 46.7 Å². The first-order chi connectivity index (χ1) is 12.6. The topological polar surface area (TPSA) is 62.6 Å². The van der Waals surface area contributed by atoms with Gasteiger partial charge in [-0.05, 0) is 20.3 Å². The number of hydrogen-bond acceptors (Lipinski definition) is 6. The molecule has 0 saturated heterocycles. The van der Waals surface area contributed by atoms with Crippen molar-refractivity contribution in [2.75, 3.05) is 27.2 Å². The maximum atomic E-state index is 5.34. The summed E-state index contributed by atoms with van der Waals surface area (Å²) in [5.41, 5.74) is 2.17. The van der Waals surface area contributed by atoms with Gasteiger partial charge in [0.1, 0.15) is 11.1 Å².